The number of aryl methyl sites for hydroxylation is 1. The van der Waals surface area contributed by atoms with Crippen LogP contribution >= 0.6 is 11.6 Å². The van der Waals surface area contributed by atoms with Crippen molar-refractivity contribution in [1.82, 2.24) is 4.90 Å². The lowest BCUT2D eigenvalue weighted by atomic mass is 10.0. The molecule has 0 radical (unpaired) electrons. The molecule has 3 aromatic carbocycles. The van der Waals surface area contributed by atoms with Crippen LogP contribution in [0.15, 0.2) is 78.9 Å². The zero-order valence-electron chi connectivity index (χ0n) is 19.6. The summed E-state index contributed by atoms with van der Waals surface area (Å²) in [4.78, 5) is 15.2. The smallest absolute Gasteiger partial charge is 0.354 e. The number of hydrogen-bond donors (Lipinski definition) is 2. The van der Waals surface area contributed by atoms with Crippen LogP contribution in [0.3, 0.4) is 0 Å². The normalized spacial score (nSPS) is 16.2. The number of carbonyl (C=O) groups excluding carboxylic acids is 1. The molecule has 1 atom stereocenters. The number of para-hydroxylation sites is 1. The van der Waals surface area contributed by atoms with Gasteiger partial charge in [0.25, 0.3) is 5.91 Å². The third kappa shape index (κ3) is 5.79. The minimum atomic E-state index is -4.80. The van der Waals surface area contributed by atoms with Gasteiger partial charge in [-0.2, -0.15) is 13.2 Å². The van der Waals surface area contributed by atoms with Crippen molar-refractivity contribution < 1.29 is 18.0 Å². The predicted octanol–water partition coefficient (Wildman–Crippen LogP) is 7.66. The lowest BCUT2D eigenvalue weighted by Gasteiger charge is -2.25. The minimum Gasteiger partial charge on any atom is -0.354 e. The summed E-state index contributed by atoms with van der Waals surface area (Å²) in [5.74, 6) is -0.127. The van der Waals surface area contributed by atoms with E-state index in [1.807, 2.05) is 30.0 Å². The number of carbonyl (C=O) groups is 1. The van der Waals surface area contributed by atoms with Gasteiger partial charge in [-0.3, -0.25) is 10.2 Å². The molecule has 0 bridgehead atoms. The Bertz CT molecular complexity index is 1300. The Kier molecular flexibility index (Phi) is 7.50. The Labute approximate surface area is 212 Å². The number of benzene rings is 3. The van der Waals surface area contributed by atoms with Gasteiger partial charge in [-0.15, -0.1) is 0 Å². The lowest BCUT2D eigenvalue weighted by molar-refractivity contribution is -0.0583. The van der Waals surface area contributed by atoms with E-state index in [0.29, 0.717) is 34.5 Å². The van der Waals surface area contributed by atoms with Gasteiger partial charge >= 0.3 is 6.18 Å². The van der Waals surface area contributed by atoms with E-state index >= 15 is 0 Å². The zero-order valence-corrected chi connectivity index (χ0v) is 20.3. The summed E-state index contributed by atoms with van der Waals surface area (Å²) in [5, 5.41) is 10.7. The second kappa shape index (κ2) is 10.6. The van der Waals surface area contributed by atoms with Crippen molar-refractivity contribution in [3.05, 3.63) is 106 Å². The zero-order chi connectivity index (χ0) is 25.9. The van der Waals surface area contributed by atoms with Gasteiger partial charge in [0.15, 0.2) is 0 Å². The number of anilines is 1. The molecule has 0 aromatic heterocycles. The van der Waals surface area contributed by atoms with Crippen LogP contribution in [0.4, 0.5) is 18.9 Å². The topological polar surface area (TPSA) is 56.2 Å². The molecular formula is C28H25ClF3N3O. The third-order valence-corrected chi connectivity index (χ3v) is 6.45. The van der Waals surface area contributed by atoms with Crippen molar-refractivity contribution in [2.24, 2.45) is 0 Å². The van der Waals surface area contributed by atoms with Crippen molar-refractivity contribution in [2.45, 2.75) is 32.0 Å². The number of nitrogens with zero attached hydrogens (tertiary/aromatic N) is 1. The second-order valence-corrected chi connectivity index (χ2v) is 9.13. The van der Waals surface area contributed by atoms with Crippen molar-refractivity contribution in [3.63, 3.8) is 0 Å². The molecule has 1 unspecified atom stereocenters. The number of rotatable bonds is 6. The van der Waals surface area contributed by atoms with E-state index in [9.17, 15) is 18.0 Å². The Balaban J connectivity index is 1.61. The number of nitrogens with one attached hydrogen (secondary N) is 2. The van der Waals surface area contributed by atoms with E-state index in [1.165, 1.54) is 0 Å². The average Bonchev–Trinajstić information content (AvgIpc) is 3.34. The highest BCUT2D eigenvalue weighted by Crippen LogP contribution is 2.34. The molecular weight excluding hydrogens is 487 g/mol. The van der Waals surface area contributed by atoms with Crippen LogP contribution in [0.2, 0.25) is 5.02 Å². The van der Waals surface area contributed by atoms with Crippen molar-refractivity contribution in [3.8, 4) is 0 Å². The Hall–Kier alpha value is -3.58. The average molecular weight is 512 g/mol. The van der Waals surface area contributed by atoms with Gasteiger partial charge in [0.05, 0.1) is 16.8 Å². The van der Waals surface area contributed by atoms with Crippen molar-refractivity contribution in [2.75, 3.05) is 11.9 Å². The first-order valence-corrected chi connectivity index (χ1v) is 11.9. The molecule has 1 saturated heterocycles. The third-order valence-electron chi connectivity index (χ3n) is 6.12. The quantitative estimate of drug-likeness (QED) is 0.334. The number of halogens is 4. The summed E-state index contributed by atoms with van der Waals surface area (Å²) < 4.78 is 39.3. The van der Waals surface area contributed by atoms with Crippen LogP contribution < -0.4 is 5.32 Å². The summed E-state index contributed by atoms with van der Waals surface area (Å²) in [6.07, 6.45) is -2.31. The van der Waals surface area contributed by atoms with Crippen LogP contribution in [0.25, 0.3) is 5.70 Å². The fourth-order valence-electron chi connectivity index (χ4n) is 4.32. The molecule has 2 N–H and O–H groups in total. The van der Waals surface area contributed by atoms with Gasteiger partial charge < -0.3 is 10.2 Å². The second-order valence-electron chi connectivity index (χ2n) is 8.72. The molecule has 0 saturated carbocycles. The van der Waals surface area contributed by atoms with E-state index in [0.717, 1.165) is 24.0 Å². The molecule has 3 aromatic rings. The van der Waals surface area contributed by atoms with E-state index < -0.39 is 11.9 Å². The highest BCUT2D eigenvalue weighted by atomic mass is 35.5. The number of allylic oxidation sites excluding steroid dienone is 1. The first-order valence-electron chi connectivity index (χ1n) is 11.5. The Morgan fingerprint density at radius 1 is 1.06 bits per heavy atom. The summed E-state index contributed by atoms with van der Waals surface area (Å²) in [6, 6.07) is 21.1. The standard InChI is InChI=1S/C28H25ClF3N3O/c1-18-6-4-7-21(16-18)25-10-5-15-35(25)27(36)20-13-11-19(12-14-20)24(17-26(33)28(30,31)32)34-23-9-3-2-8-22(23)29/h2-4,6-9,11-14,16-17,25,33-34H,5,10,15H2,1H3/b24-17-,33-26?. The van der Waals surface area contributed by atoms with E-state index in [2.05, 4.69) is 11.4 Å². The largest absolute Gasteiger partial charge is 0.432 e. The summed E-state index contributed by atoms with van der Waals surface area (Å²) in [6.45, 7) is 2.66. The first kappa shape index (κ1) is 25.5. The summed E-state index contributed by atoms with van der Waals surface area (Å²) in [7, 11) is 0. The Morgan fingerprint density at radius 2 is 1.75 bits per heavy atom. The molecule has 0 spiro atoms. The van der Waals surface area contributed by atoms with Gasteiger partial charge in [0, 0.05) is 17.8 Å². The SMILES string of the molecule is Cc1cccc(C2CCCN2C(=O)c2ccc(/C(=C/C(=N)C(F)(F)F)Nc3ccccc3Cl)cc2)c1. The van der Waals surface area contributed by atoms with Crippen molar-refractivity contribution in [1.29, 1.82) is 5.41 Å². The molecule has 1 amide bonds. The number of amides is 1. The molecule has 1 aliphatic rings. The monoisotopic (exact) mass is 511 g/mol. The molecule has 36 heavy (non-hydrogen) atoms. The number of hydrogen-bond acceptors (Lipinski definition) is 3. The van der Waals surface area contributed by atoms with Gasteiger partial charge in [-0.25, -0.2) is 0 Å². The molecule has 1 aliphatic heterocycles. The fourth-order valence-corrected chi connectivity index (χ4v) is 4.50. The van der Waals surface area contributed by atoms with E-state index in [4.69, 9.17) is 17.0 Å². The minimum absolute atomic E-state index is 0.0123. The highest BCUT2D eigenvalue weighted by molar-refractivity contribution is 6.33. The maximum Gasteiger partial charge on any atom is 0.432 e. The van der Waals surface area contributed by atoms with Crippen LogP contribution in [-0.2, 0) is 0 Å². The maximum atomic E-state index is 13.3. The van der Waals surface area contributed by atoms with Gasteiger partial charge in [-0.05, 0) is 61.2 Å². The molecule has 1 fully saturated rings. The van der Waals surface area contributed by atoms with Crippen LogP contribution in [0.1, 0.15) is 45.9 Å². The summed E-state index contributed by atoms with van der Waals surface area (Å²) >= 11 is 6.18. The Morgan fingerprint density at radius 3 is 2.42 bits per heavy atom. The van der Waals surface area contributed by atoms with Crippen molar-refractivity contribution >= 4 is 34.6 Å². The number of likely N-dealkylation sites (tertiary alicyclic amines) is 1. The molecule has 186 valence electrons. The van der Waals surface area contributed by atoms with E-state index in [1.54, 1.807) is 48.5 Å². The molecule has 4 rings (SSSR count). The van der Waals surface area contributed by atoms with E-state index in [-0.39, 0.29) is 17.6 Å². The highest BCUT2D eigenvalue weighted by Gasteiger charge is 2.33. The van der Waals surface area contributed by atoms with Gasteiger partial charge in [0.2, 0.25) is 0 Å². The molecule has 8 heteroatoms. The lowest BCUT2D eigenvalue weighted by Crippen LogP contribution is -2.30. The predicted molar refractivity (Wildman–Crippen MR) is 137 cm³/mol. The van der Waals surface area contributed by atoms with Crippen LogP contribution in [0, 0.1) is 12.3 Å². The fraction of sp³-hybridized carbons (Fsp3) is 0.214. The molecule has 0 aliphatic carbocycles. The molecule has 4 nitrogen and oxygen atoms in total. The molecule has 1 heterocycles. The van der Waals surface area contributed by atoms with Gasteiger partial charge in [0.1, 0.15) is 5.71 Å². The van der Waals surface area contributed by atoms with Crippen LogP contribution in [0.5, 0.6) is 0 Å². The van der Waals surface area contributed by atoms with Gasteiger partial charge in [-0.1, -0.05) is 65.7 Å². The summed E-state index contributed by atoms with van der Waals surface area (Å²) in [5.41, 5.74) is 2.00. The first-order chi connectivity index (χ1) is 17.1. The van der Waals surface area contributed by atoms with Crippen LogP contribution in [-0.4, -0.2) is 29.2 Å². The maximum absolute atomic E-state index is 13.3. The number of alkyl halides is 3.